The van der Waals surface area contributed by atoms with Gasteiger partial charge >= 0.3 is 6.01 Å². The number of ether oxygens (including phenoxy) is 1. The Balaban J connectivity index is 2.07. The molecule has 1 heterocycles. The summed E-state index contributed by atoms with van der Waals surface area (Å²) < 4.78 is 5.06. The fourth-order valence-corrected chi connectivity index (χ4v) is 2.17. The standard InChI is InChI=1S/C15H19N5O2S/c1-20(2)14-17-12(18-15(19-14)22-3)9-16-13(21)10-5-7-11(23-4)8-6-10/h5-8H,9H2,1-4H3,(H,16,21). The van der Waals surface area contributed by atoms with Gasteiger partial charge in [0.2, 0.25) is 5.95 Å². The maximum atomic E-state index is 12.2. The Morgan fingerprint density at radius 3 is 2.48 bits per heavy atom. The third-order valence-corrected chi connectivity index (χ3v) is 3.73. The van der Waals surface area contributed by atoms with E-state index in [1.807, 2.05) is 32.5 Å². The molecule has 0 aliphatic rings. The van der Waals surface area contributed by atoms with Gasteiger partial charge in [0, 0.05) is 24.6 Å². The van der Waals surface area contributed by atoms with Gasteiger partial charge in [-0.25, -0.2) is 0 Å². The lowest BCUT2D eigenvalue weighted by atomic mass is 10.2. The molecule has 1 aromatic heterocycles. The molecule has 0 aliphatic heterocycles. The topological polar surface area (TPSA) is 80.2 Å². The highest BCUT2D eigenvalue weighted by atomic mass is 32.2. The van der Waals surface area contributed by atoms with Crippen LogP contribution in [0.3, 0.4) is 0 Å². The van der Waals surface area contributed by atoms with E-state index in [2.05, 4.69) is 20.3 Å². The monoisotopic (exact) mass is 333 g/mol. The molecule has 7 nitrogen and oxygen atoms in total. The van der Waals surface area contributed by atoms with E-state index in [1.165, 1.54) is 7.11 Å². The van der Waals surface area contributed by atoms with E-state index >= 15 is 0 Å². The number of aromatic nitrogens is 3. The van der Waals surface area contributed by atoms with Crippen LogP contribution in [0.15, 0.2) is 29.2 Å². The first-order valence-electron chi connectivity index (χ1n) is 6.92. The number of hydrogen-bond acceptors (Lipinski definition) is 7. The lowest BCUT2D eigenvalue weighted by Crippen LogP contribution is -2.25. The van der Waals surface area contributed by atoms with Crippen LogP contribution in [0, 0.1) is 0 Å². The van der Waals surface area contributed by atoms with E-state index in [0.717, 1.165) is 4.90 Å². The van der Waals surface area contributed by atoms with Crippen LogP contribution in [0.25, 0.3) is 0 Å². The molecule has 0 radical (unpaired) electrons. The second kappa shape index (κ2) is 7.77. The summed E-state index contributed by atoms with van der Waals surface area (Å²) in [4.78, 5) is 27.6. The summed E-state index contributed by atoms with van der Waals surface area (Å²) in [6.45, 7) is 0.197. The van der Waals surface area contributed by atoms with Crippen molar-refractivity contribution in [3.8, 4) is 6.01 Å². The van der Waals surface area contributed by atoms with Gasteiger partial charge in [0.25, 0.3) is 5.91 Å². The maximum Gasteiger partial charge on any atom is 0.321 e. The third kappa shape index (κ3) is 4.56. The zero-order valence-electron chi connectivity index (χ0n) is 13.5. The number of amides is 1. The van der Waals surface area contributed by atoms with Crippen molar-refractivity contribution >= 4 is 23.6 Å². The fraction of sp³-hybridized carbons (Fsp3) is 0.333. The van der Waals surface area contributed by atoms with Crippen molar-refractivity contribution in [1.82, 2.24) is 20.3 Å². The van der Waals surface area contributed by atoms with Crippen LogP contribution in [0.5, 0.6) is 6.01 Å². The molecule has 0 saturated carbocycles. The Kier molecular flexibility index (Phi) is 5.75. The first kappa shape index (κ1) is 17.0. The van der Waals surface area contributed by atoms with Crippen LogP contribution in [-0.4, -0.2) is 48.3 Å². The van der Waals surface area contributed by atoms with E-state index in [0.29, 0.717) is 17.3 Å². The maximum absolute atomic E-state index is 12.2. The number of carbonyl (C=O) groups excluding carboxylic acids is 1. The van der Waals surface area contributed by atoms with Crippen LogP contribution >= 0.6 is 11.8 Å². The van der Waals surface area contributed by atoms with Gasteiger partial charge in [-0.15, -0.1) is 11.8 Å². The lowest BCUT2D eigenvalue weighted by molar-refractivity contribution is 0.0949. The van der Waals surface area contributed by atoms with Crippen molar-refractivity contribution in [2.75, 3.05) is 32.4 Å². The summed E-state index contributed by atoms with van der Waals surface area (Å²) in [7, 11) is 5.14. The molecular weight excluding hydrogens is 314 g/mol. The molecular formula is C15H19N5O2S. The van der Waals surface area contributed by atoms with Gasteiger partial charge in [-0.1, -0.05) is 0 Å². The van der Waals surface area contributed by atoms with Gasteiger partial charge < -0.3 is 15.0 Å². The predicted molar refractivity (Wildman–Crippen MR) is 90.1 cm³/mol. The quantitative estimate of drug-likeness (QED) is 0.804. The van der Waals surface area contributed by atoms with Gasteiger partial charge in [-0.2, -0.15) is 15.0 Å². The molecule has 0 bridgehead atoms. The van der Waals surface area contributed by atoms with Crippen molar-refractivity contribution in [2.45, 2.75) is 11.4 Å². The van der Waals surface area contributed by atoms with Crippen LogP contribution in [0.4, 0.5) is 5.95 Å². The predicted octanol–water partition coefficient (Wildman–Crippen LogP) is 1.60. The van der Waals surface area contributed by atoms with E-state index < -0.39 is 0 Å². The van der Waals surface area contributed by atoms with Crippen LogP contribution < -0.4 is 15.0 Å². The van der Waals surface area contributed by atoms with Gasteiger partial charge in [0.1, 0.15) is 0 Å². The minimum Gasteiger partial charge on any atom is -0.467 e. The Morgan fingerprint density at radius 2 is 1.91 bits per heavy atom. The minimum atomic E-state index is -0.177. The van der Waals surface area contributed by atoms with Crippen molar-refractivity contribution in [3.05, 3.63) is 35.7 Å². The number of methoxy groups -OCH3 is 1. The Morgan fingerprint density at radius 1 is 1.22 bits per heavy atom. The van der Waals surface area contributed by atoms with Crippen molar-refractivity contribution in [3.63, 3.8) is 0 Å². The Hall–Kier alpha value is -2.35. The number of hydrogen-bond donors (Lipinski definition) is 1. The molecule has 2 rings (SSSR count). The van der Waals surface area contributed by atoms with E-state index in [1.54, 1.807) is 28.8 Å². The average Bonchev–Trinajstić information content (AvgIpc) is 2.59. The minimum absolute atomic E-state index is 0.177. The second-order valence-corrected chi connectivity index (χ2v) is 5.72. The molecule has 23 heavy (non-hydrogen) atoms. The molecule has 0 fully saturated rings. The molecule has 1 aromatic carbocycles. The Bertz CT molecular complexity index is 676. The van der Waals surface area contributed by atoms with Gasteiger partial charge in [0.05, 0.1) is 13.7 Å². The van der Waals surface area contributed by atoms with E-state index in [4.69, 9.17) is 4.74 Å². The molecule has 0 saturated heterocycles. The van der Waals surface area contributed by atoms with Crippen molar-refractivity contribution in [1.29, 1.82) is 0 Å². The highest BCUT2D eigenvalue weighted by Crippen LogP contribution is 2.15. The van der Waals surface area contributed by atoms with Gasteiger partial charge in [-0.05, 0) is 30.5 Å². The van der Waals surface area contributed by atoms with Gasteiger partial charge in [0.15, 0.2) is 5.82 Å². The number of nitrogens with zero attached hydrogens (tertiary/aromatic N) is 4. The van der Waals surface area contributed by atoms with E-state index in [9.17, 15) is 4.79 Å². The molecule has 122 valence electrons. The van der Waals surface area contributed by atoms with Crippen molar-refractivity contribution in [2.24, 2.45) is 0 Å². The first-order chi connectivity index (χ1) is 11.0. The number of nitrogens with one attached hydrogen (secondary N) is 1. The second-order valence-electron chi connectivity index (χ2n) is 4.84. The molecule has 0 unspecified atom stereocenters. The lowest BCUT2D eigenvalue weighted by Gasteiger charge is -2.12. The molecule has 0 spiro atoms. The normalized spacial score (nSPS) is 10.3. The number of benzene rings is 1. The molecule has 2 aromatic rings. The smallest absolute Gasteiger partial charge is 0.321 e. The highest BCUT2D eigenvalue weighted by Gasteiger charge is 2.10. The first-order valence-corrected chi connectivity index (χ1v) is 8.14. The summed E-state index contributed by atoms with van der Waals surface area (Å²) in [6, 6.07) is 7.63. The zero-order chi connectivity index (χ0) is 16.8. The van der Waals surface area contributed by atoms with Gasteiger partial charge in [-0.3, -0.25) is 4.79 Å². The number of thioether (sulfide) groups is 1. The highest BCUT2D eigenvalue weighted by molar-refractivity contribution is 7.98. The number of rotatable bonds is 6. The summed E-state index contributed by atoms with van der Waals surface area (Å²) in [6.07, 6.45) is 1.99. The van der Waals surface area contributed by atoms with Crippen LogP contribution in [0.1, 0.15) is 16.2 Å². The molecule has 8 heteroatoms. The molecule has 1 N–H and O–H groups in total. The number of carbonyl (C=O) groups is 1. The van der Waals surface area contributed by atoms with E-state index in [-0.39, 0.29) is 18.5 Å². The third-order valence-electron chi connectivity index (χ3n) is 2.99. The summed E-state index contributed by atoms with van der Waals surface area (Å²) in [5, 5.41) is 2.80. The average molecular weight is 333 g/mol. The van der Waals surface area contributed by atoms with Crippen LogP contribution in [-0.2, 0) is 6.54 Å². The molecule has 1 amide bonds. The Labute approximate surface area is 139 Å². The summed E-state index contributed by atoms with van der Waals surface area (Å²) in [5.74, 6) is 0.739. The largest absolute Gasteiger partial charge is 0.467 e. The fourth-order valence-electron chi connectivity index (χ4n) is 1.76. The molecule has 0 atom stereocenters. The SMILES string of the molecule is COc1nc(CNC(=O)c2ccc(SC)cc2)nc(N(C)C)n1. The van der Waals surface area contributed by atoms with Crippen molar-refractivity contribution < 1.29 is 9.53 Å². The zero-order valence-corrected chi connectivity index (χ0v) is 14.3. The molecule has 0 aliphatic carbocycles. The summed E-state index contributed by atoms with van der Waals surface area (Å²) >= 11 is 1.63. The summed E-state index contributed by atoms with van der Waals surface area (Å²) in [5.41, 5.74) is 0.594. The number of anilines is 1. The van der Waals surface area contributed by atoms with Crippen LogP contribution in [0.2, 0.25) is 0 Å².